The van der Waals surface area contributed by atoms with Gasteiger partial charge >= 0.3 is 0 Å². The molecular weight excluding hydrogens is 218 g/mol. The lowest BCUT2D eigenvalue weighted by Crippen LogP contribution is -2.25. The third-order valence-corrected chi connectivity index (χ3v) is 3.16. The standard InChI is InChI=1S/C13H15NO3/c1-8(15)12-11(7-14-13(12)16)9-3-5-10(17-2)6-4-9/h3-6,11-12H,7H2,1-2H3,(H,14,16)/t11?,12-/m0/s1. The van der Waals surface area contributed by atoms with E-state index in [1.54, 1.807) is 7.11 Å². The number of benzene rings is 1. The topological polar surface area (TPSA) is 55.4 Å². The van der Waals surface area contributed by atoms with Gasteiger partial charge in [-0.05, 0) is 24.6 Å². The predicted molar refractivity (Wildman–Crippen MR) is 62.9 cm³/mol. The van der Waals surface area contributed by atoms with Crippen molar-refractivity contribution >= 4 is 11.7 Å². The smallest absolute Gasteiger partial charge is 0.231 e. The molecule has 90 valence electrons. The van der Waals surface area contributed by atoms with Crippen LogP contribution in [0.1, 0.15) is 18.4 Å². The zero-order chi connectivity index (χ0) is 12.4. The molecule has 1 fully saturated rings. The van der Waals surface area contributed by atoms with Crippen molar-refractivity contribution in [1.29, 1.82) is 0 Å². The van der Waals surface area contributed by atoms with Crippen LogP contribution in [0.15, 0.2) is 24.3 Å². The van der Waals surface area contributed by atoms with E-state index in [2.05, 4.69) is 5.32 Å². The molecule has 1 aliphatic rings. The molecule has 0 radical (unpaired) electrons. The van der Waals surface area contributed by atoms with Gasteiger partial charge in [-0.1, -0.05) is 12.1 Å². The van der Waals surface area contributed by atoms with Crippen molar-refractivity contribution < 1.29 is 14.3 Å². The molecule has 1 N–H and O–H groups in total. The summed E-state index contributed by atoms with van der Waals surface area (Å²) in [5.41, 5.74) is 0.990. The van der Waals surface area contributed by atoms with Gasteiger partial charge in [0, 0.05) is 12.5 Å². The Bertz CT molecular complexity index is 438. The van der Waals surface area contributed by atoms with Crippen molar-refractivity contribution in [3.63, 3.8) is 0 Å². The number of rotatable bonds is 3. The molecule has 17 heavy (non-hydrogen) atoms. The monoisotopic (exact) mass is 233 g/mol. The summed E-state index contributed by atoms with van der Waals surface area (Å²) >= 11 is 0. The fraction of sp³-hybridized carbons (Fsp3) is 0.385. The van der Waals surface area contributed by atoms with Gasteiger partial charge in [0.1, 0.15) is 17.5 Å². The Labute approximate surface area is 100.0 Å². The van der Waals surface area contributed by atoms with Crippen LogP contribution in [-0.4, -0.2) is 25.3 Å². The SMILES string of the molecule is COc1ccc(C2CNC(=O)[C@H]2C(C)=O)cc1. The van der Waals surface area contributed by atoms with Crippen LogP contribution in [0, 0.1) is 5.92 Å². The van der Waals surface area contributed by atoms with Crippen LogP contribution in [0.4, 0.5) is 0 Å². The fourth-order valence-corrected chi connectivity index (χ4v) is 2.25. The van der Waals surface area contributed by atoms with E-state index in [4.69, 9.17) is 4.74 Å². The molecule has 4 heteroatoms. The second kappa shape index (κ2) is 4.57. The number of methoxy groups -OCH3 is 1. The van der Waals surface area contributed by atoms with Crippen LogP contribution in [-0.2, 0) is 9.59 Å². The predicted octanol–water partition coefficient (Wildman–Crippen LogP) is 1.11. The van der Waals surface area contributed by atoms with Crippen LogP contribution < -0.4 is 10.1 Å². The van der Waals surface area contributed by atoms with Crippen LogP contribution in [0.3, 0.4) is 0 Å². The average Bonchev–Trinajstić information content (AvgIpc) is 2.71. The summed E-state index contributed by atoms with van der Waals surface area (Å²) in [5.74, 6) is -0.0983. The summed E-state index contributed by atoms with van der Waals surface area (Å²) in [6.07, 6.45) is 0. The number of hydrogen-bond donors (Lipinski definition) is 1. The molecule has 4 nitrogen and oxygen atoms in total. The molecule has 1 unspecified atom stereocenters. The first kappa shape index (κ1) is 11.6. The summed E-state index contributed by atoms with van der Waals surface area (Å²) in [6, 6.07) is 7.49. The van der Waals surface area contributed by atoms with Gasteiger partial charge in [0.2, 0.25) is 5.91 Å². The van der Waals surface area contributed by atoms with Crippen LogP contribution in [0.2, 0.25) is 0 Å². The van der Waals surface area contributed by atoms with Gasteiger partial charge in [-0.15, -0.1) is 0 Å². The molecule has 0 bridgehead atoms. The fourth-order valence-electron chi connectivity index (χ4n) is 2.25. The molecule has 1 heterocycles. The molecular formula is C13H15NO3. The van der Waals surface area contributed by atoms with Crippen molar-refractivity contribution in [2.75, 3.05) is 13.7 Å². The Morgan fingerprint density at radius 2 is 2.00 bits per heavy atom. The Kier molecular flexibility index (Phi) is 3.13. The number of carbonyl (C=O) groups is 2. The largest absolute Gasteiger partial charge is 0.497 e. The third kappa shape index (κ3) is 2.16. The van der Waals surface area contributed by atoms with E-state index >= 15 is 0 Å². The molecule has 1 amide bonds. The van der Waals surface area contributed by atoms with Gasteiger partial charge in [0.15, 0.2) is 0 Å². The Morgan fingerprint density at radius 3 is 2.53 bits per heavy atom. The van der Waals surface area contributed by atoms with Crippen molar-refractivity contribution in [2.45, 2.75) is 12.8 Å². The highest BCUT2D eigenvalue weighted by molar-refractivity contribution is 6.02. The molecule has 0 spiro atoms. The van der Waals surface area contributed by atoms with E-state index in [1.807, 2.05) is 24.3 Å². The molecule has 0 saturated carbocycles. The molecule has 1 aliphatic heterocycles. The molecule has 2 atom stereocenters. The quantitative estimate of drug-likeness (QED) is 0.796. The molecule has 1 saturated heterocycles. The Hall–Kier alpha value is -1.84. The zero-order valence-corrected chi connectivity index (χ0v) is 9.90. The summed E-state index contributed by atoms with van der Waals surface area (Å²) in [4.78, 5) is 23.0. The minimum absolute atomic E-state index is 0.0640. The molecule has 0 aliphatic carbocycles. The lowest BCUT2D eigenvalue weighted by Gasteiger charge is -2.14. The summed E-state index contributed by atoms with van der Waals surface area (Å²) in [5, 5.41) is 2.74. The van der Waals surface area contributed by atoms with E-state index < -0.39 is 5.92 Å². The second-order valence-electron chi connectivity index (χ2n) is 4.21. The number of ketones is 1. The lowest BCUT2D eigenvalue weighted by molar-refractivity contribution is -0.130. The van der Waals surface area contributed by atoms with E-state index in [1.165, 1.54) is 6.92 Å². The van der Waals surface area contributed by atoms with Crippen LogP contribution in [0.25, 0.3) is 0 Å². The zero-order valence-electron chi connectivity index (χ0n) is 9.90. The van der Waals surface area contributed by atoms with Gasteiger partial charge < -0.3 is 10.1 Å². The maximum atomic E-state index is 11.6. The minimum atomic E-state index is -0.552. The lowest BCUT2D eigenvalue weighted by atomic mass is 9.86. The van der Waals surface area contributed by atoms with E-state index in [0.717, 1.165) is 11.3 Å². The summed E-state index contributed by atoms with van der Waals surface area (Å²) in [6.45, 7) is 1.99. The minimum Gasteiger partial charge on any atom is -0.497 e. The van der Waals surface area contributed by atoms with Gasteiger partial charge in [0.05, 0.1) is 7.11 Å². The van der Waals surface area contributed by atoms with Crippen molar-refractivity contribution in [3.05, 3.63) is 29.8 Å². The number of carbonyl (C=O) groups excluding carboxylic acids is 2. The number of Topliss-reactive ketones (excluding diaryl/α,β-unsaturated/α-hetero) is 1. The van der Waals surface area contributed by atoms with E-state index in [9.17, 15) is 9.59 Å². The summed E-state index contributed by atoms with van der Waals surface area (Å²) in [7, 11) is 1.61. The first-order chi connectivity index (χ1) is 8.13. The van der Waals surface area contributed by atoms with Gasteiger partial charge in [-0.3, -0.25) is 9.59 Å². The van der Waals surface area contributed by atoms with Crippen molar-refractivity contribution in [1.82, 2.24) is 5.32 Å². The third-order valence-electron chi connectivity index (χ3n) is 3.16. The van der Waals surface area contributed by atoms with Crippen LogP contribution >= 0.6 is 0 Å². The van der Waals surface area contributed by atoms with Crippen molar-refractivity contribution in [2.24, 2.45) is 5.92 Å². The molecule has 1 aromatic rings. The maximum absolute atomic E-state index is 11.6. The van der Waals surface area contributed by atoms with Crippen molar-refractivity contribution in [3.8, 4) is 5.75 Å². The number of amides is 1. The normalized spacial score (nSPS) is 23.3. The Morgan fingerprint density at radius 1 is 1.35 bits per heavy atom. The first-order valence-corrected chi connectivity index (χ1v) is 5.55. The molecule has 2 rings (SSSR count). The highest BCUT2D eigenvalue weighted by Gasteiger charge is 2.38. The number of hydrogen-bond acceptors (Lipinski definition) is 3. The Balaban J connectivity index is 2.26. The first-order valence-electron chi connectivity index (χ1n) is 5.55. The number of ether oxygens (including phenoxy) is 1. The van der Waals surface area contributed by atoms with Gasteiger partial charge in [-0.25, -0.2) is 0 Å². The highest BCUT2D eigenvalue weighted by Crippen LogP contribution is 2.30. The molecule has 1 aromatic carbocycles. The molecule has 0 aromatic heterocycles. The van der Waals surface area contributed by atoms with Gasteiger partial charge in [-0.2, -0.15) is 0 Å². The van der Waals surface area contributed by atoms with Crippen LogP contribution in [0.5, 0.6) is 5.75 Å². The number of nitrogens with one attached hydrogen (secondary N) is 1. The average molecular weight is 233 g/mol. The maximum Gasteiger partial charge on any atom is 0.231 e. The second-order valence-corrected chi connectivity index (χ2v) is 4.21. The highest BCUT2D eigenvalue weighted by atomic mass is 16.5. The van der Waals surface area contributed by atoms with E-state index in [0.29, 0.717) is 6.54 Å². The van der Waals surface area contributed by atoms with E-state index in [-0.39, 0.29) is 17.6 Å². The summed E-state index contributed by atoms with van der Waals surface area (Å²) < 4.78 is 5.08. The van der Waals surface area contributed by atoms with Gasteiger partial charge in [0.25, 0.3) is 0 Å².